The molecule has 0 aliphatic carbocycles. The van der Waals surface area contributed by atoms with Crippen molar-refractivity contribution in [3.8, 4) is 5.75 Å². The first-order valence-electron chi connectivity index (χ1n) is 10.6. The Bertz CT molecular complexity index is 959. The topological polar surface area (TPSA) is 40.5 Å². The third-order valence-electron chi connectivity index (χ3n) is 5.27. The molecule has 0 radical (unpaired) electrons. The van der Waals surface area contributed by atoms with E-state index in [-0.39, 0.29) is 12.1 Å². The van der Waals surface area contributed by atoms with Gasteiger partial charge in [-0.1, -0.05) is 43.7 Å². The maximum atomic E-state index is 12.7. The number of hydrogen-bond donors (Lipinski definition) is 0. The smallest absolute Gasteiger partial charge is 0.340 e. The molecular formula is C25H31NO3. The van der Waals surface area contributed by atoms with Gasteiger partial charge in [0.05, 0.1) is 18.3 Å². The van der Waals surface area contributed by atoms with E-state index >= 15 is 0 Å². The summed E-state index contributed by atoms with van der Waals surface area (Å²) in [5.41, 5.74) is 3.90. The lowest BCUT2D eigenvalue weighted by atomic mass is 10.1. The molecule has 0 aliphatic rings. The molecule has 0 saturated heterocycles. The quantitative estimate of drug-likeness (QED) is 0.423. The second-order valence-corrected chi connectivity index (χ2v) is 7.46. The highest BCUT2D eigenvalue weighted by molar-refractivity contribution is 6.06. The number of carbonyl (C=O) groups excluding carboxylic acids is 1. The number of fused-ring (bicyclic) bond motifs is 1. The van der Waals surface area contributed by atoms with E-state index in [1.54, 1.807) is 0 Å². The van der Waals surface area contributed by atoms with Crippen molar-refractivity contribution < 1.29 is 14.3 Å². The van der Waals surface area contributed by atoms with Crippen molar-refractivity contribution in [2.75, 3.05) is 6.61 Å². The van der Waals surface area contributed by atoms with E-state index in [2.05, 4.69) is 48.7 Å². The number of carbonyl (C=O) groups is 1. The summed E-state index contributed by atoms with van der Waals surface area (Å²) in [5.74, 6) is 0.524. The monoisotopic (exact) mass is 393 g/mol. The number of aromatic nitrogens is 1. The van der Waals surface area contributed by atoms with Crippen LogP contribution in [0.4, 0.5) is 0 Å². The average molecular weight is 394 g/mol. The van der Waals surface area contributed by atoms with E-state index in [4.69, 9.17) is 9.47 Å². The Hall–Kier alpha value is -2.75. The predicted octanol–water partition coefficient (Wildman–Crippen LogP) is 5.94. The Balaban J connectivity index is 1.99. The number of benzene rings is 2. The Kier molecular flexibility index (Phi) is 6.97. The number of esters is 1. The van der Waals surface area contributed by atoms with Gasteiger partial charge < -0.3 is 14.0 Å². The van der Waals surface area contributed by atoms with Crippen molar-refractivity contribution in [3.05, 3.63) is 65.4 Å². The van der Waals surface area contributed by atoms with Crippen LogP contribution in [0, 0.1) is 6.92 Å². The molecule has 3 aromatic rings. The molecule has 1 heterocycles. The van der Waals surface area contributed by atoms with Gasteiger partial charge in [-0.2, -0.15) is 0 Å². The molecule has 3 rings (SSSR count). The fraction of sp³-hybridized carbons (Fsp3) is 0.400. The fourth-order valence-electron chi connectivity index (χ4n) is 3.87. The summed E-state index contributed by atoms with van der Waals surface area (Å²) in [5, 5.41) is 0.898. The molecule has 0 unspecified atom stereocenters. The largest absolute Gasteiger partial charge is 0.491 e. The molecule has 2 aromatic carbocycles. The summed E-state index contributed by atoms with van der Waals surface area (Å²) in [4.78, 5) is 12.7. The van der Waals surface area contributed by atoms with Crippen LogP contribution < -0.4 is 4.74 Å². The molecule has 1 atom stereocenters. The molecule has 4 nitrogen and oxygen atoms in total. The summed E-state index contributed by atoms with van der Waals surface area (Å²) >= 11 is 0. The van der Waals surface area contributed by atoms with E-state index in [9.17, 15) is 4.79 Å². The van der Waals surface area contributed by atoms with Crippen molar-refractivity contribution in [2.45, 2.75) is 59.6 Å². The van der Waals surface area contributed by atoms with Gasteiger partial charge in [0.2, 0.25) is 0 Å². The normalized spacial score (nSPS) is 12.1. The van der Waals surface area contributed by atoms with Crippen molar-refractivity contribution in [1.29, 1.82) is 0 Å². The molecule has 0 fully saturated rings. The molecule has 0 spiro atoms. The van der Waals surface area contributed by atoms with Crippen molar-refractivity contribution in [2.24, 2.45) is 0 Å². The van der Waals surface area contributed by atoms with Gasteiger partial charge >= 0.3 is 5.97 Å². The van der Waals surface area contributed by atoms with Gasteiger partial charge in [0, 0.05) is 23.1 Å². The lowest BCUT2D eigenvalue weighted by molar-refractivity contribution is 0.0527. The molecular weight excluding hydrogens is 362 g/mol. The molecule has 0 amide bonds. The minimum atomic E-state index is -0.271. The molecule has 0 N–H and O–H groups in total. The van der Waals surface area contributed by atoms with Crippen LogP contribution >= 0.6 is 0 Å². The third-order valence-corrected chi connectivity index (χ3v) is 5.27. The van der Waals surface area contributed by atoms with Gasteiger partial charge in [-0.3, -0.25) is 0 Å². The van der Waals surface area contributed by atoms with Crippen LogP contribution in [0.1, 0.15) is 55.2 Å². The molecule has 0 saturated carbocycles. The fourth-order valence-corrected chi connectivity index (χ4v) is 3.87. The van der Waals surface area contributed by atoms with E-state index in [1.165, 1.54) is 5.56 Å². The zero-order chi connectivity index (χ0) is 20.8. The summed E-state index contributed by atoms with van der Waals surface area (Å²) in [6.45, 7) is 9.23. The lowest BCUT2D eigenvalue weighted by Crippen LogP contribution is -2.11. The number of ether oxygens (including phenoxy) is 2. The Morgan fingerprint density at radius 1 is 1.10 bits per heavy atom. The lowest BCUT2D eigenvalue weighted by Gasteiger charge is -2.14. The minimum absolute atomic E-state index is 0.143. The summed E-state index contributed by atoms with van der Waals surface area (Å²) < 4.78 is 13.7. The maximum absolute atomic E-state index is 12.7. The summed E-state index contributed by atoms with van der Waals surface area (Å²) in [7, 11) is 0. The first-order chi connectivity index (χ1) is 14.0. The van der Waals surface area contributed by atoms with E-state index in [0.717, 1.165) is 48.2 Å². The zero-order valence-electron chi connectivity index (χ0n) is 17.9. The van der Waals surface area contributed by atoms with E-state index < -0.39 is 0 Å². The highest BCUT2D eigenvalue weighted by Crippen LogP contribution is 2.31. The Morgan fingerprint density at radius 3 is 2.55 bits per heavy atom. The van der Waals surface area contributed by atoms with Gasteiger partial charge in [0.1, 0.15) is 5.75 Å². The average Bonchev–Trinajstić information content (AvgIpc) is 2.98. The third kappa shape index (κ3) is 4.81. The van der Waals surface area contributed by atoms with Gasteiger partial charge in [0.25, 0.3) is 0 Å². The first kappa shape index (κ1) is 21.0. The maximum Gasteiger partial charge on any atom is 0.340 e. The predicted molar refractivity (Wildman–Crippen MR) is 118 cm³/mol. The van der Waals surface area contributed by atoms with Crippen molar-refractivity contribution >= 4 is 16.9 Å². The first-order valence-corrected chi connectivity index (χ1v) is 10.6. The number of nitrogens with zero attached hydrogens (tertiary/aromatic N) is 1. The van der Waals surface area contributed by atoms with Gasteiger partial charge in [-0.15, -0.1) is 0 Å². The highest BCUT2D eigenvalue weighted by Gasteiger charge is 2.21. The van der Waals surface area contributed by atoms with Crippen LogP contribution in [-0.2, 0) is 17.7 Å². The van der Waals surface area contributed by atoms with Crippen molar-refractivity contribution in [1.82, 2.24) is 4.57 Å². The summed E-state index contributed by atoms with van der Waals surface area (Å²) in [6.07, 6.45) is 3.12. The molecule has 1 aromatic heterocycles. The highest BCUT2D eigenvalue weighted by atomic mass is 16.5. The molecule has 0 aliphatic heterocycles. The van der Waals surface area contributed by atoms with Crippen LogP contribution in [0.15, 0.2) is 48.5 Å². The van der Waals surface area contributed by atoms with Crippen molar-refractivity contribution in [3.63, 3.8) is 0 Å². The van der Waals surface area contributed by atoms with Crippen LogP contribution in [-0.4, -0.2) is 23.2 Å². The minimum Gasteiger partial charge on any atom is -0.491 e. The molecule has 0 bridgehead atoms. The molecule has 154 valence electrons. The van der Waals surface area contributed by atoms with E-state index in [0.29, 0.717) is 12.2 Å². The van der Waals surface area contributed by atoms with Gasteiger partial charge in [0.15, 0.2) is 0 Å². The Labute approximate surface area is 173 Å². The number of aryl methyl sites for hydroxylation is 2. The van der Waals surface area contributed by atoms with Crippen LogP contribution in [0.2, 0.25) is 0 Å². The SMILES string of the molecule is CCC[C@@H](C)Oc1ccc2c(c1)c(C(=O)OCC)c(C)n2CCc1ccccc1. The standard InChI is InChI=1S/C25H31NO3/c1-5-10-18(3)29-21-13-14-23-22(17-21)24(25(27)28-6-2)19(4)26(23)16-15-20-11-8-7-9-12-20/h7-9,11-14,17-18H,5-6,10,15-16H2,1-4H3/t18-/m1/s1. The Morgan fingerprint density at radius 2 is 1.86 bits per heavy atom. The second kappa shape index (κ2) is 9.64. The number of hydrogen-bond acceptors (Lipinski definition) is 3. The molecule has 4 heteroatoms. The number of rotatable bonds is 9. The summed E-state index contributed by atoms with van der Waals surface area (Å²) in [6, 6.07) is 16.5. The second-order valence-electron chi connectivity index (χ2n) is 7.46. The van der Waals surface area contributed by atoms with Gasteiger partial charge in [-0.25, -0.2) is 4.79 Å². The van der Waals surface area contributed by atoms with E-state index in [1.807, 2.05) is 32.0 Å². The van der Waals surface area contributed by atoms with Crippen LogP contribution in [0.25, 0.3) is 10.9 Å². The zero-order valence-corrected chi connectivity index (χ0v) is 17.9. The van der Waals surface area contributed by atoms with Crippen LogP contribution in [0.5, 0.6) is 5.75 Å². The van der Waals surface area contributed by atoms with Crippen LogP contribution in [0.3, 0.4) is 0 Å². The van der Waals surface area contributed by atoms with Gasteiger partial charge in [-0.05, 0) is 57.4 Å². The molecule has 29 heavy (non-hydrogen) atoms.